The highest BCUT2D eigenvalue weighted by molar-refractivity contribution is 7.09. The Labute approximate surface area is 119 Å². The molecule has 0 aliphatic rings. The molecule has 1 atom stereocenters. The van der Waals surface area contributed by atoms with Crippen LogP contribution in [-0.2, 0) is 6.54 Å². The fourth-order valence-corrected chi connectivity index (χ4v) is 2.85. The van der Waals surface area contributed by atoms with Gasteiger partial charge < -0.3 is 9.88 Å². The van der Waals surface area contributed by atoms with E-state index in [2.05, 4.69) is 59.5 Å². The van der Waals surface area contributed by atoms with Gasteiger partial charge in [0.25, 0.3) is 0 Å². The van der Waals surface area contributed by atoms with Gasteiger partial charge in [0.15, 0.2) is 0 Å². The van der Waals surface area contributed by atoms with Gasteiger partial charge in [-0.2, -0.15) is 0 Å². The summed E-state index contributed by atoms with van der Waals surface area (Å²) in [6, 6.07) is 2.69. The fourth-order valence-electron chi connectivity index (χ4n) is 2.25. The molecule has 2 aromatic rings. The van der Waals surface area contributed by atoms with Crippen LogP contribution in [0.1, 0.15) is 49.0 Å². The van der Waals surface area contributed by atoms with Crippen LogP contribution in [0.25, 0.3) is 0 Å². The number of hydrogen-bond acceptors (Lipinski definition) is 3. The lowest BCUT2D eigenvalue weighted by atomic mass is 10.1. The summed E-state index contributed by atoms with van der Waals surface area (Å²) in [4.78, 5) is 4.51. The van der Waals surface area contributed by atoms with Crippen molar-refractivity contribution in [3.05, 3.63) is 40.1 Å². The second-order valence-corrected chi connectivity index (χ2v) is 5.95. The molecule has 0 radical (unpaired) electrons. The highest BCUT2D eigenvalue weighted by Gasteiger charge is 2.10. The van der Waals surface area contributed by atoms with E-state index in [1.54, 1.807) is 11.3 Å². The van der Waals surface area contributed by atoms with Gasteiger partial charge in [-0.3, -0.25) is 0 Å². The summed E-state index contributed by atoms with van der Waals surface area (Å²) in [6.07, 6.45) is 6.70. The van der Waals surface area contributed by atoms with E-state index < -0.39 is 0 Å². The van der Waals surface area contributed by atoms with Crippen LogP contribution in [0.4, 0.5) is 0 Å². The summed E-state index contributed by atoms with van der Waals surface area (Å²) in [5, 5.41) is 6.87. The van der Waals surface area contributed by atoms with Crippen molar-refractivity contribution in [3.8, 4) is 0 Å². The summed E-state index contributed by atoms with van der Waals surface area (Å²) >= 11 is 1.72. The van der Waals surface area contributed by atoms with Crippen molar-refractivity contribution >= 4 is 11.3 Å². The lowest BCUT2D eigenvalue weighted by Crippen LogP contribution is -2.21. The molecule has 2 rings (SSSR count). The largest absolute Gasteiger partial charge is 0.348 e. The lowest BCUT2D eigenvalue weighted by Gasteiger charge is -2.14. The Balaban J connectivity index is 2.01. The summed E-state index contributed by atoms with van der Waals surface area (Å²) in [5.74, 6) is 0. The van der Waals surface area contributed by atoms with E-state index in [9.17, 15) is 0 Å². The maximum atomic E-state index is 4.51. The minimum atomic E-state index is 0.471. The minimum absolute atomic E-state index is 0.471. The minimum Gasteiger partial charge on any atom is -0.348 e. The standard InChI is InChI=1S/C15H23N3S/c1-4-7-16-15(5-2)13-6-8-18(9-13)10-14-11-19-12(3)17-14/h6,8-9,11,15-16H,4-5,7,10H2,1-3H3. The van der Waals surface area contributed by atoms with Crippen LogP contribution in [0.15, 0.2) is 23.8 Å². The summed E-state index contributed by atoms with van der Waals surface area (Å²) < 4.78 is 2.22. The van der Waals surface area contributed by atoms with E-state index in [0.717, 1.165) is 30.2 Å². The van der Waals surface area contributed by atoms with Crippen molar-refractivity contribution in [2.75, 3.05) is 6.54 Å². The van der Waals surface area contributed by atoms with Crippen molar-refractivity contribution in [2.45, 2.75) is 46.2 Å². The first kappa shape index (κ1) is 14.3. The molecule has 0 spiro atoms. The van der Waals surface area contributed by atoms with Crippen LogP contribution >= 0.6 is 11.3 Å². The molecule has 3 nitrogen and oxygen atoms in total. The predicted octanol–water partition coefficient (Wildman–Crippen LogP) is 3.75. The molecule has 2 heterocycles. The van der Waals surface area contributed by atoms with Crippen LogP contribution in [0.2, 0.25) is 0 Å². The third-order valence-corrected chi connectivity index (χ3v) is 4.06. The maximum Gasteiger partial charge on any atom is 0.0898 e. The van der Waals surface area contributed by atoms with Crippen LogP contribution in [0.5, 0.6) is 0 Å². The molecule has 0 aliphatic heterocycles. The number of rotatable bonds is 7. The summed E-state index contributed by atoms with van der Waals surface area (Å²) in [5.41, 5.74) is 2.53. The molecule has 0 bridgehead atoms. The van der Waals surface area contributed by atoms with Crippen molar-refractivity contribution in [1.29, 1.82) is 0 Å². The Bertz CT molecular complexity index is 501. The molecule has 0 saturated heterocycles. The molecule has 2 aromatic heterocycles. The van der Waals surface area contributed by atoms with Gasteiger partial charge in [0.2, 0.25) is 0 Å². The second-order valence-electron chi connectivity index (χ2n) is 4.89. The van der Waals surface area contributed by atoms with Gasteiger partial charge in [-0.15, -0.1) is 11.3 Å². The molecule has 1 N–H and O–H groups in total. The average molecular weight is 277 g/mol. The molecule has 0 saturated carbocycles. The average Bonchev–Trinajstić information content (AvgIpc) is 3.01. The van der Waals surface area contributed by atoms with Gasteiger partial charge in [0.05, 0.1) is 17.2 Å². The van der Waals surface area contributed by atoms with Gasteiger partial charge in [0, 0.05) is 23.8 Å². The Morgan fingerprint density at radius 3 is 2.89 bits per heavy atom. The highest BCUT2D eigenvalue weighted by atomic mass is 32.1. The monoisotopic (exact) mass is 277 g/mol. The molecule has 104 valence electrons. The molecule has 4 heteroatoms. The zero-order valence-electron chi connectivity index (χ0n) is 12.0. The van der Waals surface area contributed by atoms with Crippen LogP contribution in [-0.4, -0.2) is 16.1 Å². The van der Waals surface area contributed by atoms with Gasteiger partial charge in [-0.25, -0.2) is 4.98 Å². The van der Waals surface area contributed by atoms with E-state index in [4.69, 9.17) is 0 Å². The van der Waals surface area contributed by atoms with Crippen LogP contribution < -0.4 is 5.32 Å². The van der Waals surface area contributed by atoms with Gasteiger partial charge in [-0.1, -0.05) is 13.8 Å². The molecule has 0 aromatic carbocycles. The summed E-state index contributed by atoms with van der Waals surface area (Å²) in [6.45, 7) is 8.44. The first-order valence-electron chi connectivity index (χ1n) is 7.03. The summed E-state index contributed by atoms with van der Waals surface area (Å²) in [7, 11) is 0. The number of nitrogens with one attached hydrogen (secondary N) is 1. The molecular weight excluding hydrogens is 254 g/mol. The van der Waals surface area contributed by atoms with Crippen molar-refractivity contribution in [1.82, 2.24) is 14.9 Å². The topological polar surface area (TPSA) is 29.9 Å². The first-order chi connectivity index (χ1) is 9.22. The first-order valence-corrected chi connectivity index (χ1v) is 7.91. The SMILES string of the molecule is CCCNC(CC)c1ccn(Cc2csc(C)n2)c1. The molecule has 19 heavy (non-hydrogen) atoms. The van der Waals surface area contributed by atoms with E-state index in [1.165, 1.54) is 12.0 Å². The van der Waals surface area contributed by atoms with E-state index in [0.29, 0.717) is 6.04 Å². The number of aryl methyl sites for hydroxylation is 1. The third kappa shape index (κ3) is 3.91. The fraction of sp³-hybridized carbons (Fsp3) is 0.533. The Morgan fingerprint density at radius 1 is 1.42 bits per heavy atom. The Kier molecular flexibility index (Phi) is 5.16. The number of nitrogens with zero attached hydrogens (tertiary/aromatic N) is 2. The normalized spacial score (nSPS) is 12.8. The number of aromatic nitrogens is 2. The van der Waals surface area contributed by atoms with Crippen LogP contribution in [0.3, 0.4) is 0 Å². The van der Waals surface area contributed by atoms with Gasteiger partial charge in [-0.05, 0) is 37.9 Å². The molecule has 1 unspecified atom stereocenters. The zero-order chi connectivity index (χ0) is 13.7. The molecular formula is C15H23N3S. The van der Waals surface area contributed by atoms with E-state index >= 15 is 0 Å². The third-order valence-electron chi connectivity index (χ3n) is 3.24. The highest BCUT2D eigenvalue weighted by Crippen LogP contribution is 2.18. The molecule has 0 aliphatic carbocycles. The molecule has 0 fully saturated rings. The lowest BCUT2D eigenvalue weighted by molar-refractivity contribution is 0.517. The number of thiazole rings is 1. The quantitative estimate of drug-likeness (QED) is 0.835. The molecule has 0 amide bonds. The van der Waals surface area contributed by atoms with E-state index in [1.807, 2.05) is 0 Å². The van der Waals surface area contributed by atoms with Gasteiger partial charge in [0.1, 0.15) is 0 Å². The van der Waals surface area contributed by atoms with Crippen molar-refractivity contribution < 1.29 is 0 Å². The van der Waals surface area contributed by atoms with Crippen molar-refractivity contribution in [2.24, 2.45) is 0 Å². The Morgan fingerprint density at radius 2 is 2.26 bits per heavy atom. The van der Waals surface area contributed by atoms with Crippen molar-refractivity contribution in [3.63, 3.8) is 0 Å². The van der Waals surface area contributed by atoms with E-state index in [-0.39, 0.29) is 0 Å². The van der Waals surface area contributed by atoms with Crippen LogP contribution in [0, 0.1) is 6.92 Å². The smallest absolute Gasteiger partial charge is 0.0898 e. The maximum absolute atomic E-state index is 4.51. The van der Waals surface area contributed by atoms with Gasteiger partial charge >= 0.3 is 0 Å². The zero-order valence-corrected chi connectivity index (χ0v) is 12.8. The number of hydrogen-bond donors (Lipinski definition) is 1. The second kappa shape index (κ2) is 6.87. The predicted molar refractivity (Wildman–Crippen MR) is 81.7 cm³/mol. The Hall–Kier alpha value is -1.13.